The largest absolute Gasteiger partial charge is 0.394 e. The number of nitrogens with two attached hydrogens (primary N) is 1. The molecule has 5 heteroatoms. The Balaban J connectivity index is 2.33. The number of amides is 1. The van der Waals surface area contributed by atoms with Crippen LogP contribution in [-0.4, -0.2) is 67.2 Å². The first-order valence-electron chi connectivity index (χ1n) is 5.84. The van der Waals surface area contributed by atoms with E-state index >= 15 is 0 Å². The van der Waals surface area contributed by atoms with Gasteiger partial charge in [-0.1, -0.05) is 0 Å². The lowest BCUT2D eigenvalue weighted by Gasteiger charge is -2.32. The number of likely N-dealkylation sites (tertiary alicyclic amines) is 1. The zero-order valence-electron chi connectivity index (χ0n) is 10.2. The van der Waals surface area contributed by atoms with E-state index in [1.165, 1.54) is 0 Å². The molecule has 0 saturated carbocycles. The number of likely N-dealkylation sites (N-methyl/N-ethyl adjacent to an activating group) is 1. The highest BCUT2D eigenvalue weighted by Crippen LogP contribution is 2.16. The summed E-state index contributed by atoms with van der Waals surface area (Å²) in [5.41, 5.74) is 5.50. The van der Waals surface area contributed by atoms with Crippen LogP contribution in [0.4, 0.5) is 0 Å². The summed E-state index contributed by atoms with van der Waals surface area (Å²) in [5, 5.41) is 8.82. The molecule has 0 bridgehead atoms. The van der Waals surface area contributed by atoms with Crippen molar-refractivity contribution in [2.75, 3.05) is 40.3 Å². The number of aliphatic hydroxyl groups excluding tert-OH is 1. The Morgan fingerprint density at radius 2 is 2.12 bits per heavy atom. The van der Waals surface area contributed by atoms with Gasteiger partial charge in [0.2, 0.25) is 5.91 Å². The molecule has 1 atom stereocenters. The molecule has 1 heterocycles. The Hall–Kier alpha value is -0.650. The minimum absolute atomic E-state index is 0.165. The number of piperidine rings is 1. The van der Waals surface area contributed by atoms with Crippen molar-refractivity contribution >= 4 is 5.91 Å². The van der Waals surface area contributed by atoms with Crippen LogP contribution in [0.25, 0.3) is 0 Å². The molecule has 3 N–H and O–H groups in total. The molecule has 0 aliphatic carbocycles. The summed E-state index contributed by atoms with van der Waals surface area (Å²) in [7, 11) is 3.88. The van der Waals surface area contributed by atoms with Crippen LogP contribution in [0.2, 0.25) is 0 Å². The van der Waals surface area contributed by atoms with Gasteiger partial charge in [-0.15, -0.1) is 0 Å². The highest BCUT2D eigenvalue weighted by Gasteiger charge is 2.22. The van der Waals surface area contributed by atoms with Crippen LogP contribution in [0.3, 0.4) is 0 Å². The van der Waals surface area contributed by atoms with Crippen LogP contribution in [0.1, 0.15) is 12.8 Å². The minimum atomic E-state index is -0.767. The van der Waals surface area contributed by atoms with Gasteiger partial charge in [-0.25, -0.2) is 0 Å². The van der Waals surface area contributed by atoms with Gasteiger partial charge in [0.1, 0.15) is 6.04 Å². The van der Waals surface area contributed by atoms with Crippen molar-refractivity contribution in [3.63, 3.8) is 0 Å². The third-order valence-electron chi connectivity index (χ3n) is 3.26. The number of nitrogens with zero attached hydrogens (tertiary/aromatic N) is 2. The molecule has 94 valence electrons. The van der Waals surface area contributed by atoms with Gasteiger partial charge in [0.05, 0.1) is 6.61 Å². The molecule has 1 aliphatic rings. The predicted molar refractivity (Wildman–Crippen MR) is 62.9 cm³/mol. The number of carbonyl (C=O) groups is 1. The zero-order chi connectivity index (χ0) is 12.1. The van der Waals surface area contributed by atoms with E-state index in [2.05, 4.69) is 11.9 Å². The van der Waals surface area contributed by atoms with Crippen molar-refractivity contribution in [2.24, 2.45) is 11.7 Å². The second-order valence-corrected chi connectivity index (χ2v) is 4.75. The lowest BCUT2D eigenvalue weighted by Crippen LogP contribution is -2.46. The van der Waals surface area contributed by atoms with Crippen LogP contribution in [-0.2, 0) is 4.79 Å². The van der Waals surface area contributed by atoms with Gasteiger partial charge in [-0.2, -0.15) is 0 Å². The number of carbonyl (C=O) groups excluding carboxylic acids is 1. The molecule has 1 unspecified atom stereocenters. The quantitative estimate of drug-likeness (QED) is 0.656. The van der Waals surface area contributed by atoms with E-state index in [9.17, 15) is 4.79 Å². The molecule has 0 aromatic rings. The minimum Gasteiger partial charge on any atom is -0.394 e. The highest BCUT2D eigenvalue weighted by molar-refractivity contribution is 5.81. The number of hydrogen-bond donors (Lipinski definition) is 2. The fourth-order valence-electron chi connectivity index (χ4n) is 2.08. The first kappa shape index (κ1) is 13.4. The Morgan fingerprint density at radius 1 is 1.56 bits per heavy atom. The van der Waals surface area contributed by atoms with E-state index in [1.807, 2.05) is 0 Å². The van der Waals surface area contributed by atoms with Crippen LogP contribution >= 0.6 is 0 Å². The van der Waals surface area contributed by atoms with Gasteiger partial charge < -0.3 is 20.6 Å². The first-order chi connectivity index (χ1) is 7.54. The third kappa shape index (κ3) is 3.73. The zero-order valence-corrected chi connectivity index (χ0v) is 10.2. The van der Waals surface area contributed by atoms with E-state index in [0.717, 1.165) is 32.5 Å². The molecule has 16 heavy (non-hydrogen) atoms. The Morgan fingerprint density at radius 3 is 2.62 bits per heavy atom. The third-order valence-corrected chi connectivity index (χ3v) is 3.26. The second-order valence-electron chi connectivity index (χ2n) is 4.75. The van der Waals surface area contributed by atoms with E-state index in [1.54, 1.807) is 11.9 Å². The normalized spacial score (nSPS) is 20.8. The lowest BCUT2D eigenvalue weighted by molar-refractivity contribution is -0.132. The van der Waals surface area contributed by atoms with Gasteiger partial charge in [-0.05, 0) is 38.9 Å². The maximum absolute atomic E-state index is 11.6. The summed E-state index contributed by atoms with van der Waals surface area (Å²) in [6.45, 7) is 2.66. The monoisotopic (exact) mass is 229 g/mol. The summed E-state index contributed by atoms with van der Waals surface area (Å²) >= 11 is 0. The Kier molecular flexibility index (Phi) is 5.18. The summed E-state index contributed by atoms with van der Waals surface area (Å²) in [4.78, 5) is 15.6. The molecular formula is C11H23N3O2. The maximum atomic E-state index is 11.6. The SMILES string of the molecule is CN1CCC(CN(C)C(=O)C(N)CO)CC1. The first-order valence-corrected chi connectivity index (χ1v) is 5.84. The Labute approximate surface area is 97.2 Å². The number of hydrogen-bond acceptors (Lipinski definition) is 4. The van der Waals surface area contributed by atoms with Gasteiger partial charge in [0.25, 0.3) is 0 Å². The molecule has 1 rings (SSSR count). The molecule has 1 saturated heterocycles. The van der Waals surface area contributed by atoms with Crippen molar-refractivity contribution in [1.82, 2.24) is 9.80 Å². The molecule has 5 nitrogen and oxygen atoms in total. The van der Waals surface area contributed by atoms with Gasteiger partial charge >= 0.3 is 0 Å². The topological polar surface area (TPSA) is 69.8 Å². The molecule has 0 aromatic heterocycles. The van der Waals surface area contributed by atoms with Gasteiger partial charge in [0.15, 0.2) is 0 Å². The average molecular weight is 229 g/mol. The Bertz CT molecular complexity index is 227. The molecule has 1 amide bonds. The average Bonchev–Trinajstić information content (AvgIpc) is 2.30. The van der Waals surface area contributed by atoms with E-state index in [-0.39, 0.29) is 12.5 Å². The van der Waals surface area contributed by atoms with E-state index in [4.69, 9.17) is 10.8 Å². The molecule has 0 spiro atoms. The highest BCUT2D eigenvalue weighted by atomic mass is 16.3. The summed E-state index contributed by atoms with van der Waals surface area (Å²) < 4.78 is 0. The molecule has 1 aliphatic heterocycles. The van der Waals surface area contributed by atoms with Gasteiger partial charge in [0, 0.05) is 13.6 Å². The fraction of sp³-hybridized carbons (Fsp3) is 0.909. The van der Waals surface area contributed by atoms with Crippen LogP contribution < -0.4 is 5.73 Å². The maximum Gasteiger partial charge on any atom is 0.241 e. The van der Waals surface area contributed by atoms with Crippen LogP contribution in [0.15, 0.2) is 0 Å². The van der Waals surface area contributed by atoms with E-state index < -0.39 is 6.04 Å². The molecule has 1 fully saturated rings. The van der Waals surface area contributed by atoms with Crippen molar-refractivity contribution < 1.29 is 9.90 Å². The molecule has 0 aromatic carbocycles. The smallest absolute Gasteiger partial charge is 0.241 e. The molecule has 0 radical (unpaired) electrons. The molecular weight excluding hydrogens is 206 g/mol. The van der Waals surface area contributed by atoms with Gasteiger partial charge in [-0.3, -0.25) is 4.79 Å². The van der Waals surface area contributed by atoms with Crippen molar-refractivity contribution in [2.45, 2.75) is 18.9 Å². The van der Waals surface area contributed by atoms with Crippen molar-refractivity contribution in [3.8, 4) is 0 Å². The number of aliphatic hydroxyl groups is 1. The van der Waals surface area contributed by atoms with Crippen molar-refractivity contribution in [1.29, 1.82) is 0 Å². The number of rotatable bonds is 4. The van der Waals surface area contributed by atoms with Crippen molar-refractivity contribution in [3.05, 3.63) is 0 Å². The summed E-state index contributed by atoms with van der Waals surface area (Å²) in [6, 6.07) is -0.767. The predicted octanol–water partition coefficient (Wildman–Crippen LogP) is -0.894. The van der Waals surface area contributed by atoms with Crippen LogP contribution in [0, 0.1) is 5.92 Å². The van der Waals surface area contributed by atoms with E-state index in [0.29, 0.717) is 5.92 Å². The fourth-order valence-corrected chi connectivity index (χ4v) is 2.08. The van der Waals surface area contributed by atoms with Crippen LogP contribution in [0.5, 0.6) is 0 Å². The summed E-state index contributed by atoms with van der Waals surface area (Å²) in [6.07, 6.45) is 2.25. The second kappa shape index (κ2) is 6.18. The lowest BCUT2D eigenvalue weighted by atomic mass is 9.96. The standard InChI is InChI=1S/C11H23N3O2/c1-13-5-3-9(4-6-13)7-14(2)11(16)10(12)8-15/h9-10,15H,3-8,12H2,1-2H3. The summed E-state index contributed by atoms with van der Waals surface area (Å²) in [5.74, 6) is 0.400.